The summed E-state index contributed by atoms with van der Waals surface area (Å²) in [5.74, 6) is 1.84. The number of hydrogen-bond donors (Lipinski definition) is 1. The van der Waals surface area contributed by atoms with Crippen molar-refractivity contribution in [3.8, 4) is 11.5 Å². The van der Waals surface area contributed by atoms with E-state index in [-0.39, 0.29) is 6.04 Å². The fraction of sp³-hybridized carbons (Fsp3) is 0.368. The monoisotopic (exact) mass is 283 g/mol. The number of rotatable bonds is 5. The van der Waals surface area contributed by atoms with Crippen LogP contribution in [0.3, 0.4) is 0 Å². The number of benzene rings is 2. The fourth-order valence-corrected chi connectivity index (χ4v) is 2.35. The minimum Gasteiger partial charge on any atom is -0.457 e. The third-order valence-corrected chi connectivity index (χ3v) is 4.00. The summed E-state index contributed by atoms with van der Waals surface area (Å²) in [4.78, 5) is 0. The van der Waals surface area contributed by atoms with Gasteiger partial charge >= 0.3 is 0 Å². The molecule has 0 saturated carbocycles. The van der Waals surface area contributed by atoms with Gasteiger partial charge in [0.05, 0.1) is 0 Å². The first-order chi connectivity index (χ1) is 10.0. The Morgan fingerprint density at radius 3 is 2.52 bits per heavy atom. The Balaban J connectivity index is 2.33. The summed E-state index contributed by atoms with van der Waals surface area (Å²) in [7, 11) is 0. The molecule has 0 saturated heterocycles. The van der Waals surface area contributed by atoms with Gasteiger partial charge in [-0.25, -0.2) is 0 Å². The molecule has 0 aliphatic heterocycles. The molecule has 0 amide bonds. The summed E-state index contributed by atoms with van der Waals surface area (Å²) >= 11 is 0. The van der Waals surface area contributed by atoms with Crippen LogP contribution in [-0.4, -0.2) is 6.04 Å². The minimum absolute atomic E-state index is 0.174. The molecule has 0 radical (unpaired) electrons. The van der Waals surface area contributed by atoms with Crippen LogP contribution in [0.5, 0.6) is 11.5 Å². The van der Waals surface area contributed by atoms with Gasteiger partial charge in [0, 0.05) is 6.04 Å². The van der Waals surface area contributed by atoms with E-state index in [1.54, 1.807) is 0 Å². The predicted octanol–water partition coefficient (Wildman–Crippen LogP) is 4.68. The van der Waals surface area contributed by atoms with Gasteiger partial charge in [-0.1, -0.05) is 36.8 Å². The number of aryl methyl sites for hydroxylation is 2. The predicted molar refractivity (Wildman–Crippen MR) is 89.1 cm³/mol. The average molecular weight is 283 g/mol. The molecule has 2 nitrogen and oxygen atoms in total. The lowest BCUT2D eigenvalue weighted by Gasteiger charge is -2.16. The van der Waals surface area contributed by atoms with Crippen LogP contribution in [0.2, 0.25) is 0 Å². The molecule has 21 heavy (non-hydrogen) atoms. The Morgan fingerprint density at radius 1 is 1.05 bits per heavy atom. The molecule has 0 aliphatic rings. The molecular weight excluding hydrogens is 258 g/mol. The number of nitrogens with two attached hydrogens (primary N) is 1. The van der Waals surface area contributed by atoms with E-state index in [0.717, 1.165) is 24.3 Å². The van der Waals surface area contributed by atoms with Crippen LogP contribution >= 0.6 is 0 Å². The highest BCUT2D eigenvalue weighted by Crippen LogP contribution is 2.30. The lowest BCUT2D eigenvalue weighted by atomic mass is 10.0. The van der Waals surface area contributed by atoms with Crippen molar-refractivity contribution in [3.63, 3.8) is 0 Å². The van der Waals surface area contributed by atoms with Gasteiger partial charge in [-0.05, 0) is 62.4 Å². The number of ether oxygens (including phenoxy) is 1. The van der Waals surface area contributed by atoms with E-state index in [1.165, 1.54) is 22.3 Å². The number of hydrogen-bond acceptors (Lipinski definition) is 2. The first-order valence-electron chi connectivity index (χ1n) is 7.60. The second-order valence-corrected chi connectivity index (χ2v) is 5.78. The van der Waals surface area contributed by atoms with Crippen LogP contribution in [0.1, 0.15) is 35.6 Å². The SMILES string of the molecule is CCC(N)Cc1cc(C)ccc1Oc1cccc(C)c1C. The Labute approximate surface area is 127 Å². The molecule has 0 aromatic heterocycles. The molecule has 1 unspecified atom stereocenters. The maximum absolute atomic E-state index is 6.17. The first-order valence-corrected chi connectivity index (χ1v) is 7.60. The van der Waals surface area contributed by atoms with Crippen molar-refractivity contribution in [3.05, 3.63) is 58.7 Å². The Morgan fingerprint density at radius 2 is 1.81 bits per heavy atom. The quantitative estimate of drug-likeness (QED) is 0.864. The lowest BCUT2D eigenvalue weighted by Crippen LogP contribution is -2.21. The van der Waals surface area contributed by atoms with Crippen molar-refractivity contribution in [2.75, 3.05) is 0 Å². The van der Waals surface area contributed by atoms with Crippen molar-refractivity contribution in [2.24, 2.45) is 5.73 Å². The summed E-state index contributed by atoms with van der Waals surface area (Å²) in [6.45, 7) is 8.41. The molecule has 2 rings (SSSR count). The molecule has 0 bridgehead atoms. The normalized spacial score (nSPS) is 12.2. The van der Waals surface area contributed by atoms with Gasteiger partial charge in [0.25, 0.3) is 0 Å². The van der Waals surface area contributed by atoms with Gasteiger partial charge < -0.3 is 10.5 Å². The van der Waals surface area contributed by atoms with Crippen LogP contribution in [0.4, 0.5) is 0 Å². The van der Waals surface area contributed by atoms with Crippen LogP contribution < -0.4 is 10.5 Å². The van der Waals surface area contributed by atoms with E-state index in [4.69, 9.17) is 10.5 Å². The standard InChI is InChI=1S/C19H25NO/c1-5-17(20)12-16-11-13(2)9-10-19(16)21-18-8-6-7-14(3)15(18)4/h6-11,17H,5,12,20H2,1-4H3. The second-order valence-electron chi connectivity index (χ2n) is 5.78. The minimum atomic E-state index is 0.174. The highest BCUT2D eigenvalue weighted by Gasteiger charge is 2.11. The Hall–Kier alpha value is -1.80. The Bertz CT molecular complexity index is 619. The van der Waals surface area contributed by atoms with Crippen LogP contribution in [0.15, 0.2) is 36.4 Å². The smallest absolute Gasteiger partial charge is 0.130 e. The topological polar surface area (TPSA) is 35.2 Å². The third kappa shape index (κ3) is 3.85. The van der Waals surface area contributed by atoms with Crippen molar-refractivity contribution >= 4 is 0 Å². The zero-order chi connectivity index (χ0) is 15.4. The van der Waals surface area contributed by atoms with Crippen molar-refractivity contribution in [1.82, 2.24) is 0 Å². The van der Waals surface area contributed by atoms with E-state index in [1.807, 2.05) is 12.1 Å². The molecular formula is C19H25NO. The maximum Gasteiger partial charge on any atom is 0.130 e. The molecule has 0 aliphatic carbocycles. The molecule has 0 fully saturated rings. The Kier molecular flexibility index (Phi) is 5.03. The van der Waals surface area contributed by atoms with E-state index in [2.05, 4.69) is 52.0 Å². The highest BCUT2D eigenvalue weighted by atomic mass is 16.5. The van der Waals surface area contributed by atoms with Crippen LogP contribution in [0, 0.1) is 20.8 Å². The molecule has 112 valence electrons. The summed E-state index contributed by atoms with van der Waals surface area (Å²) < 4.78 is 6.17. The zero-order valence-electron chi connectivity index (χ0n) is 13.4. The van der Waals surface area contributed by atoms with E-state index in [9.17, 15) is 0 Å². The molecule has 2 heteroatoms. The molecule has 0 heterocycles. The van der Waals surface area contributed by atoms with E-state index in [0.29, 0.717) is 0 Å². The van der Waals surface area contributed by atoms with E-state index >= 15 is 0 Å². The second kappa shape index (κ2) is 6.77. The van der Waals surface area contributed by atoms with Crippen molar-refractivity contribution in [1.29, 1.82) is 0 Å². The maximum atomic E-state index is 6.17. The van der Waals surface area contributed by atoms with Gasteiger partial charge in [0.15, 0.2) is 0 Å². The molecule has 2 aromatic rings. The molecule has 2 aromatic carbocycles. The average Bonchev–Trinajstić information content (AvgIpc) is 2.46. The highest BCUT2D eigenvalue weighted by molar-refractivity contribution is 5.45. The van der Waals surface area contributed by atoms with E-state index < -0.39 is 0 Å². The van der Waals surface area contributed by atoms with Gasteiger partial charge in [0.1, 0.15) is 11.5 Å². The van der Waals surface area contributed by atoms with Crippen molar-refractivity contribution < 1.29 is 4.74 Å². The summed E-state index contributed by atoms with van der Waals surface area (Å²) in [5, 5.41) is 0. The first kappa shape index (κ1) is 15.6. The van der Waals surface area contributed by atoms with Gasteiger partial charge in [-0.3, -0.25) is 0 Å². The summed E-state index contributed by atoms with van der Waals surface area (Å²) in [5.41, 5.74) is 11.0. The lowest BCUT2D eigenvalue weighted by molar-refractivity contribution is 0.468. The summed E-state index contributed by atoms with van der Waals surface area (Å²) in [6.07, 6.45) is 1.81. The van der Waals surface area contributed by atoms with Gasteiger partial charge in [-0.2, -0.15) is 0 Å². The fourth-order valence-electron chi connectivity index (χ4n) is 2.35. The van der Waals surface area contributed by atoms with Crippen LogP contribution in [0.25, 0.3) is 0 Å². The zero-order valence-corrected chi connectivity index (χ0v) is 13.4. The largest absolute Gasteiger partial charge is 0.457 e. The van der Waals surface area contributed by atoms with Gasteiger partial charge in [-0.15, -0.1) is 0 Å². The molecule has 0 spiro atoms. The van der Waals surface area contributed by atoms with Crippen LogP contribution in [-0.2, 0) is 6.42 Å². The molecule has 1 atom stereocenters. The van der Waals surface area contributed by atoms with Crippen molar-refractivity contribution in [2.45, 2.75) is 46.6 Å². The third-order valence-electron chi connectivity index (χ3n) is 4.00. The molecule has 2 N–H and O–H groups in total. The van der Waals surface area contributed by atoms with Gasteiger partial charge in [0.2, 0.25) is 0 Å². The summed E-state index contributed by atoms with van der Waals surface area (Å²) in [6, 6.07) is 12.6.